The Labute approximate surface area is 79.0 Å². The third-order valence-corrected chi connectivity index (χ3v) is 2.50. The van der Waals surface area contributed by atoms with Crippen molar-refractivity contribution in [3.8, 4) is 0 Å². The molecule has 13 heavy (non-hydrogen) atoms. The summed E-state index contributed by atoms with van der Waals surface area (Å²) in [5.74, 6) is 1.76. The van der Waals surface area contributed by atoms with Crippen LogP contribution in [0, 0.1) is 11.8 Å². The first-order chi connectivity index (χ1) is 6.27. The number of nitrogens with zero attached hydrogens (tertiary/aromatic N) is 1. The van der Waals surface area contributed by atoms with E-state index in [-0.39, 0.29) is 0 Å². The lowest BCUT2D eigenvalue weighted by atomic mass is 10.1. The maximum Gasteiger partial charge on any atom is 0.194 e. The molecule has 0 fully saturated rings. The summed E-state index contributed by atoms with van der Waals surface area (Å²) in [6.45, 7) is 5.12. The third kappa shape index (κ3) is 1.67. The quantitative estimate of drug-likeness (QED) is 0.633. The predicted molar refractivity (Wildman–Crippen MR) is 53.8 cm³/mol. The Morgan fingerprint density at radius 1 is 1.38 bits per heavy atom. The van der Waals surface area contributed by atoms with Crippen molar-refractivity contribution >= 4 is 5.90 Å². The molecule has 0 saturated heterocycles. The van der Waals surface area contributed by atoms with Gasteiger partial charge in [-0.3, -0.25) is 0 Å². The van der Waals surface area contributed by atoms with Crippen molar-refractivity contribution in [1.29, 1.82) is 0 Å². The van der Waals surface area contributed by atoms with Crippen molar-refractivity contribution in [2.75, 3.05) is 6.61 Å². The van der Waals surface area contributed by atoms with E-state index in [1.165, 1.54) is 0 Å². The SMILES string of the molecule is CC(C)[C@H]1COC(C2C=CC=C2)=N1. The minimum absolute atomic E-state index is 0.295. The van der Waals surface area contributed by atoms with Crippen LogP contribution in [0.2, 0.25) is 0 Å². The second-order valence-corrected chi connectivity index (χ2v) is 3.89. The van der Waals surface area contributed by atoms with Gasteiger partial charge in [-0.05, 0) is 5.92 Å². The van der Waals surface area contributed by atoms with E-state index in [0.717, 1.165) is 12.5 Å². The van der Waals surface area contributed by atoms with Crippen molar-refractivity contribution < 1.29 is 4.74 Å². The highest BCUT2D eigenvalue weighted by molar-refractivity contribution is 5.84. The van der Waals surface area contributed by atoms with Crippen LogP contribution < -0.4 is 0 Å². The van der Waals surface area contributed by atoms with Gasteiger partial charge in [-0.15, -0.1) is 0 Å². The Morgan fingerprint density at radius 3 is 2.62 bits per heavy atom. The van der Waals surface area contributed by atoms with Crippen LogP contribution in [0.5, 0.6) is 0 Å². The molecule has 0 amide bonds. The number of allylic oxidation sites excluding steroid dienone is 2. The van der Waals surface area contributed by atoms with Crippen molar-refractivity contribution in [3.05, 3.63) is 24.3 Å². The van der Waals surface area contributed by atoms with E-state index in [1.807, 2.05) is 12.2 Å². The molecule has 70 valence electrons. The van der Waals surface area contributed by atoms with E-state index in [1.54, 1.807) is 0 Å². The molecule has 0 spiro atoms. The lowest BCUT2D eigenvalue weighted by Crippen LogP contribution is -2.13. The summed E-state index contributed by atoms with van der Waals surface area (Å²) in [5, 5.41) is 0. The number of aliphatic imine (C=N–C) groups is 1. The van der Waals surface area contributed by atoms with Crippen molar-refractivity contribution in [2.24, 2.45) is 16.8 Å². The zero-order chi connectivity index (χ0) is 9.26. The minimum atomic E-state index is 0.295. The maximum atomic E-state index is 5.56. The van der Waals surface area contributed by atoms with Gasteiger partial charge in [0.2, 0.25) is 0 Å². The molecule has 0 saturated carbocycles. The van der Waals surface area contributed by atoms with Crippen LogP contribution in [0.4, 0.5) is 0 Å². The first-order valence-electron chi connectivity index (χ1n) is 4.83. The van der Waals surface area contributed by atoms with Crippen LogP contribution in [-0.4, -0.2) is 18.5 Å². The second kappa shape index (κ2) is 3.36. The van der Waals surface area contributed by atoms with Gasteiger partial charge in [0.15, 0.2) is 5.90 Å². The Hall–Kier alpha value is -1.05. The molecule has 0 N–H and O–H groups in total. The Kier molecular flexibility index (Phi) is 2.21. The summed E-state index contributed by atoms with van der Waals surface area (Å²) in [6.07, 6.45) is 8.31. The Morgan fingerprint density at radius 2 is 2.08 bits per heavy atom. The summed E-state index contributed by atoms with van der Waals surface area (Å²) in [4.78, 5) is 4.56. The number of hydrogen-bond donors (Lipinski definition) is 0. The van der Waals surface area contributed by atoms with Gasteiger partial charge in [-0.1, -0.05) is 38.2 Å². The average Bonchev–Trinajstić information content (AvgIpc) is 2.75. The molecule has 1 aliphatic carbocycles. The van der Waals surface area contributed by atoms with Gasteiger partial charge in [-0.25, -0.2) is 4.99 Å². The highest BCUT2D eigenvalue weighted by atomic mass is 16.5. The lowest BCUT2D eigenvalue weighted by Gasteiger charge is -2.06. The largest absolute Gasteiger partial charge is 0.478 e. The van der Waals surface area contributed by atoms with Crippen LogP contribution in [0.25, 0.3) is 0 Å². The van der Waals surface area contributed by atoms with Gasteiger partial charge in [0, 0.05) is 0 Å². The number of rotatable bonds is 2. The standard InChI is InChI=1S/C11H15NO/c1-8(2)10-7-13-11(12-10)9-5-3-4-6-9/h3-6,8-10H,7H2,1-2H3/t10-/m1/s1. The lowest BCUT2D eigenvalue weighted by molar-refractivity contribution is 0.284. The molecule has 1 aliphatic heterocycles. The van der Waals surface area contributed by atoms with E-state index in [9.17, 15) is 0 Å². The van der Waals surface area contributed by atoms with Crippen LogP contribution in [0.15, 0.2) is 29.3 Å². The predicted octanol–water partition coefficient (Wildman–Crippen LogP) is 2.18. The third-order valence-electron chi connectivity index (χ3n) is 2.50. The summed E-state index contributed by atoms with van der Waals surface area (Å²) in [7, 11) is 0. The topological polar surface area (TPSA) is 21.6 Å². The highest BCUT2D eigenvalue weighted by Crippen LogP contribution is 2.20. The van der Waals surface area contributed by atoms with Gasteiger partial charge >= 0.3 is 0 Å². The Balaban J connectivity index is 2.05. The fourth-order valence-corrected chi connectivity index (χ4v) is 1.53. The van der Waals surface area contributed by atoms with E-state index in [0.29, 0.717) is 17.9 Å². The highest BCUT2D eigenvalue weighted by Gasteiger charge is 2.25. The smallest absolute Gasteiger partial charge is 0.194 e. The number of hydrogen-bond acceptors (Lipinski definition) is 2. The van der Waals surface area contributed by atoms with Crippen molar-refractivity contribution in [1.82, 2.24) is 0 Å². The van der Waals surface area contributed by atoms with Crippen LogP contribution in [0.1, 0.15) is 13.8 Å². The van der Waals surface area contributed by atoms with Gasteiger partial charge < -0.3 is 4.74 Å². The molecule has 0 radical (unpaired) electrons. The van der Waals surface area contributed by atoms with E-state index < -0.39 is 0 Å². The maximum absolute atomic E-state index is 5.56. The molecular formula is C11H15NO. The van der Waals surface area contributed by atoms with Crippen molar-refractivity contribution in [3.63, 3.8) is 0 Å². The Bertz CT molecular complexity index is 264. The molecule has 1 heterocycles. The summed E-state index contributed by atoms with van der Waals surface area (Å²) < 4.78 is 5.56. The molecule has 2 rings (SSSR count). The summed E-state index contributed by atoms with van der Waals surface area (Å²) in [5.41, 5.74) is 0. The van der Waals surface area contributed by atoms with Crippen LogP contribution >= 0.6 is 0 Å². The van der Waals surface area contributed by atoms with Gasteiger partial charge in [-0.2, -0.15) is 0 Å². The molecule has 2 nitrogen and oxygen atoms in total. The molecule has 0 aromatic rings. The molecule has 0 bridgehead atoms. The second-order valence-electron chi connectivity index (χ2n) is 3.89. The molecule has 2 aliphatic rings. The molecule has 0 aromatic heterocycles. The van der Waals surface area contributed by atoms with Crippen LogP contribution in [-0.2, 0) is 4.74 Å². The van der Waals surface area contributed by atoms with Gasteiger partial charge in [0.05, 0.1) is 12.0 Å². The summed E-state index contributed by atoms with van der Waals surface area (Å²) >= 11 is 0. The molecule has 2 heteroatoms. The normalized spacial score (nSPS) is 27.0. The zero-order valence-electron chi connectivity index (χ0n) is 8.10. The fourth-order valence-electron chi connectivity index (χ4n) is 1.53. The summed E-state index contributed by atoms with van der Waals surface area (Å²) in [6, 6.07) is 0.359. The van der Waals surface area contributed by atoms with Gasteiger partial charge in [0.1, 0.15) is 6.61 Å². The molecule has 1 atom stereocenters. The molecule has 0 aromatic carbocycles. The fraction of sp³-hybridized carbons (Fsp3) is 0.545. The van der Waals surface area contributed by atoms with E-state index in [2.05, 4.69) is 31.0 Å². The van der Waals surface area contributed by atoms with Gasteiger partial charge in [0.25, 0.3) is 0 Å². The van der Waals surface area contributed by atoms with E-state index >= 15 is 0 Å². The molecular weight excluding hydrogens is 162 g/mol. The first-order valence-corrected chi connectivity index (χ1v) is 4.83. The monoisotopic (exact) mass is 177 g/mol. The van der Waals surface area contributed by atoms with Crippen molar-refractivity contribution in [2.45, 2.75) is 19.9 Å². The molecule has 0 unspecified atom stereocenters. The zero-order valence-corrected chi connectivity index (χ0v) is 8.10. The average molecular weight is 177 g/mol. The van der Waals surface area contributed by atoms with E-state index in [4.69, 9.17) is 4.74 Å². The first kappa shape index (κ1) is 8.54. The van der Waals surface area contributed by atoms with Crippen LogP contribution in [0.3, 0.4) is 0 Å². The number of ether oxygens (including phenoxy) is 1. The minimum Gasteiger partial charge on any atom is -0.478 e.